The van der Waals surface area contributed by atoms with Gasteiger partial charge in [0.15, 0.2) is 9.84 Å². The zero-order chi connectivity index (χ0) is 26.9. The number of halogens is 5. The monoisotopic (exact) mass is 543 g/mol. The van der Waals surface area contributed by atoms with Crippen molar-refractivity contribution in [2.45, 2.75) is 54.9 Å². The molecule has 4 atom stereocenters. The molecule has 2 amide bonds. The summed E-state index contributed by atoms with van der Waals surface area (Å²) in [6.07, 6.45) is 0.333. The van der Waals surface area contributed by atoms with E-state index in [1.54, 1.807) is 0 Å². The number of sulfone groups is 1. The highest BCUT2D eigenvalue weighted by atomic mass is 32.2. The lowest BCUT2D eigenvalue weighted by molar-refractivity contribution is -0.140. The van der Waals surface area contributed by atoms with Crippen molar-refractivity contribution in [3.8, 4) is 0 Å². The van der Waals surface area contributed by atoms with Gasteiger partial charge in [-0.05, 0) is 55.7 Å². The predicted molar refractivity (Wildman–Crippen MR) is 119 cm³/mol. The van der Waals surface area contributed by atoms with E-state index in [0.29, 0.717) is 31.7 Å². The van der Waals surface area contributed by atoms with Crippen LogP contribution < -0.4 is 5.32 Å². The zero-order valence-electron chi connectivity index (χ0n) is 19.4. The van der Waals surface area contributed by atoms with E-state index < -0.39 is 57.1 Å². The molecule has 2 saturated carbocycles. The molecule has 2 heterocycles. The van der Waals surface area contributed by atoms with E-state index in [1.807, 2.05) is 0 Å². The molecule has 37 heavy (non-hydrogen) atoms. The van der Waals surface area contributed by atoms with Gasteiger partial charge in [0.25, 0.3) is 5.91 Å². The van der Waals surface area contributed by atoms with Gasteiger partial charge in [0.2, 0.25) is 5.91 Å². The van der Waals surface area contributed by atoms with Gasteiger partial charge in [-0.2, -0.15) is 13.2 Å². The summed E-state index contributed by atoms with van der Waals surface area (Å²) >= 11 is 0. The van der Waals surface area contributed by atoms with Crippen molar-refractivity contribution in [2.24, 2.45) is 11.8 Å². The van der Waals surface area contributed by atoms with Gasteiger partial charge in [0.05, 0.1) is 22.1 Å². The molecule has 1 saturated heterocycles. The third-order valence-electron chi connectivity index (χ3n) is 7.15. The molecule has 3 aliphatic rings. The smallest absolute Gasteiger partial charge is 0.347 e. The Balaban J connectivity index is 1.40. The number of hydrogen-bond donors (Lipinski definition) is 1. The second-order valence-electron chi connectivity index (χ2n) is 9.88. The molecular formula is C24H22F5N3O4S. The Bertz CT molecular complexity index is 1390. The molecule has 2 aromatic rings. The lowest BCUT2D eigenvalue weighted by atomic mass is 9.98. The highest BCUT2D eigenvalue weighted by Crippen LogP contribution is 2.49. The number of carbonyl (C=O) groups is 2. The Morgan fingerprint density at radius 2 is 1.78 bits per heavy atom. The molecule has 3 fully saturated rings. The van der Waals surface area contributed by atoms with Crippen LogP contribution >= 0.6 is 0 Å². The van der Waals surface area contributed by atoms with Crippen molar-refractivity contribution >= 4 is 21.7 Å². The van der Waals surface area contributed by atoms with Gasteiger partial charge in [0, 0.05) is 30.3 Å². The molecule has 0 radical (unpaired) electrons. The lowest BCUT2D eigenvalue weighted by Gasteiger charge is -2.29. The van der Waals surface area contributed by atoms with Crippen LogP contribution in [0.1, 0.15) is 53.2 Å². The van der Waals surface area contributed by atoms with Gasteiger partial charge in [0.1, 0.15) is 17.7 Å². The van der Waals surface area contributed by atoms with Gasteiger partial charge in [-0.15, -0.1) is 0 Å². The standard InChI is InChI=1S/C24H22F5N3O4S/c1-37(35,36)14-4-13(9-30-10-14)23(34)32-19-5-12(19)6-20(32)22(33)31-21(11-2-3-11)15-7-18(26)16(8-17(15)25)24(27,28)29/h4,7-12,19-21H,2-3,5-6H2,1H3,(H,31,33)/t12-,19-,20+,21+/m0/s1. The number of carbonyl (C=O) groups excluding carboxylic acids is 2. The van der Waals surface area contributed by atoms with Gasteiger partial charge in [-0.25, -0.2) is 17.2 Å². The molecule has 0 bridgehead atoms. The summed E-state index contributed by atoms with van der Waals surface area (Å²) in [6.45, 7) is 0. The van der Waals surface area contributed by atoms with Gasteiger partial charge < -0.3 is 10.2 Å². The highest BCUT2D eigenvalue weighted by Gasteiger charge is 2.56. The van der Waals surface area contributed by atoms with Crippen LogP contribution in [-0.4, -0.2) is 48.5 Å². The third-order valence-corrected chi connectivity index (χ3v) is 8.23. The number of nitrogens with zero attached hydrogens (tertiary/aromatic N) is 2. The van der Waals surface area contributed by atoms with Gasteiger partial charge in [-0.1, -0.05) is 0 Å². The topological polar surface area (TPSA) is 96.4 Å². The van der Waals surface area contributed by atoms with Crippen molar-refractivity contribution < 1.29 is 40.0 Å². The third kappa shape index (κ3) is 4.92. The first-order valence-electron chi connectivity index (χ1n) is 11.6. The number of alkyl halides is 3. The number of benzene rings is 1. The van der Waals surface area contributed by atoms with Crippen LogP contribution in [0, 0.1) is 23.5 Å². The Hall–Kier alpha value is -3.09. The van der Waals surface area contributed by atoms with E-state index >= 15 is 0 Å². The highest BCUT2D eigenvalue weighted by molar-refractivity contribution is 7.90. The number of aromatic nitrogens is 1. The number of fused-ring (bicyclic) bond motifs is 1. The molecule has 1 aliphatic heterocycles. The van der Waals surface area contributed by atoms with E-state index in [0.717, 1.165) is 12.5 Å². The molecule has 0 spiro atoms. The summed E-state index contributed by atoms with van der Waals surface area (Å²) in [5, 5.41) is 2.64. The normalized spacial score (nSPS) is 23.9. The summed E-state index contributed by atoms with van der Waals surface area (Å²) in [5.74, 6) is -4.37. The van der Waals surface area contributed by atoms with Crippen LogP contribution in [0.2, 0.25) is 0 Å². The van der Waals surface area contributed by atoms with Crippen molar-refractivity contribution in [3.63, 3.8) is 0 Å². The second kappa shape index (κ2) is 8.74. The molecule has 1 aromatic heterocycles. The van der Waals surface area contributed by atoms with Crippen LogP contribution in [0.3, 0.4) is 0 Å². The Labute approximate surface area is 209 Å². The summed E-state index contributed by atoms with van der Waals surface area (Å²) in [4.78, 5) is 31.6. The summed E-state index contributed by atoms with van der Waals surface area (Å²) in [7, 11) is -3.63. The zero-order valence-corrected chi connectivity index (χ0v) is 20.2. The predicted octanol–water partition coefficient (Wildman–Crippen LogP) is 3.65. The molecule has 2 aliphatic carbocycles. The molecule has 5 rings (SSSR count). The molecule has 0 unspecified atom stereocenters. The van der Waals surface area contributed by atoms with Gasteiger partial charge in [-0.3, -0.25) is 14.6 Å². The molecular weight excluding hydrogens is 521 g/mol. The average Bonchev–Trinajstić information content (AvgIpc) is 3.75. The van der Waals surface area contributed by atoms with Crippen molar-refractivity contribution in [2.75, 3.05) is 6.26 Å². The van der Waals surface area contributed by atoms with Crippen LogP contribution in [0.15, 0.2) is 35.5 Å². The summed E-state index contributed by atoms with van der Waals surface area (Å²) in [6, 6.07) is -0.504. The quantitative estimate of drug-likeness (QED) is 0.562. The number of rotatable bonds is 6. The van der Waals surface area contributed by atoms with Crippen LogP contribution in [0.25, 0.3) is 0 Å². The Kier molecular flexibility index (Phi) is 6.04. The minimum Gasteiger partial charge on any atom is -0.347 e. The lowest BCUT2D eigenvalue weighted by Crippen LogP contribution is -2.49. The molecule has 1 N–H and O–H groups in total. The first-order chi connectivity index (χ1) is 17.3. The van der Waals surface area contributed by atoms with E-state index in [9.17, 15) is 40.0 Å². The number of hydrogen-bond acceptors (Lipinski definition) is 5. The largest absolute Gasteiger partial charge is 0.419 e. The minimum absolute atomic E-state index is 0.0112. The molecule has 7 nitrogen and oxygen atoms in total. The average molecular weight is 544 g/mol. The number of likely N-dealkylation sites (tertiary alicyclic amines) is 1. The van der Waals surface area contributed by atoms with E-state index in [-0.39, 0.29) is 40.0 Å². The van der Waals surface area contributed by atoms with E-state index in [4.69, 9.17) is 0 Å². The Morgan fingerprint density at radius 1 is 1.08 bits per heavy atom. The van der Waals surface area contributed by atoms with Gasteiger partial charge >= 0.3 is 6.18 Å². The number of piperidine rings is 1. The molecule has 1 aromatic carbocycles. The van der Waals surface area contributed by atoms with Crippen molar-refractivity contribution in [1.82, 2.24) is 15.2 Å². The maximum atomic E-state index is 14.7. The SMILES string of the molecule is CS(=O)(=O)c1cncc(C(=O)N2[C@@H](C(=O)N[C@@H](c3cc(F)c(C(F)(F)F)cc3F)C3CC3)C[C@@H]3C[C@@H]32)c1. The Morgan fingerprint density at radius 3 is 2.41 bits per heavy atom. The van der Waals surface area contributed by atoms with Crippen molar-refractivity contribution in [1.29, 1.82) is 0 Å². The fourth-order valence-electron chi connectivity index (χ4n) is 5.02. The first-order valence-corrected chi connectivity index (χ1v) is 13.5. The van der Waals surface area contributed by atoms with Crippen LogP contribution in [-0.2, 0) is 20.8 Å². The second-order valence-corrected chi connectivity index (χ2v) is 11.9. The maximum Gasteiger partial charge on any atom is 0.419 e. The fraction of sp³-hybridized carbons (Fsp3) is 0.458. The number of pyridine rings is 1. The summed E-state index contributed by atoms with van der Waals surface area (Å²) < 4.78 is 91.7. The van der Waals surface area contributed by atoms with Crippen LogP contribution in [0.5, 0.6) is 0 Å². The van der Waals surface area contributed by atoms with E-state index in [1.165, 1.54) is 17.2 Å². The number of amides is 2. The molecule has 13 heteroatoms. The minimum atomic E-state index is -5.07. The van der Waals surface area contributed by atoms with Crippen molar-refractivity contribution in [3.05, 3.63) is 58.9 Å². The van der Waals surface area contributed by atoms with E-state index in [2.05, 4.69) is 10.3 Å². The fourth-order valence-corrected chi connectivity index (χ4v) is 5.61. The number of nitrogens with one attached hydrogen (secondary N) is 1. The maximum absolute atomic E-state index is 14.7. The van der Waals surface area contributed by atoms with Crippen LogP contribution in [0.4, 0.5) is 22.0 Å². The molecule has 198 valence electrons. The first kappa shape index (κ1) is 25.6. The summed E-state index contributed by atoms with van der Waals surface area (Å²) in [5.41, 5.74) is -2.12.